The summed E-state index contributed by atoms with van der Waals surface area (Å²) < 4.78 is 5.56. The Labute approximate surface area is 110 Å². The van der Waals surface area contributed by atoms with Crippen LogP contribution in [0, 0.1) is 0 Å². The highest BCUT2D eigenvalue weighted by molar-refractivity contribution is 6.30. The summed E-state index contributed by atoms with van der Waals surface area (Å²) in [7, 11) is 0. The number of ether oxygens (including phenoxy) is 1. The van der Waals surface area contributed by atoms with Crippen molar-refractivity contribution in [3.8, 4) is 5.88 Å². The van der Waals surface area contributed by atoms with Gasteiger partial charge in [0, 0.05) is 11.1 Å². The van der Waals surface area contributed by atoms with Gasteiger partial charge in [-0.05, 0) is 23.8 Å². The summed E-state index contributed by atoms with van der Waals surface area (Å²) in [5.41, 5.74) is 1.81. The van der Waals surface area contributed by atoms with Gasteiger partial charge >= 0.3 is 0 Å². The van der Waals surface area contributed by atoms with E-state index in [1.807, 2.05) is 36.4 Å². The number of nitrogens with zero attached hydrogens (tertiary/aromatic N) is 1. The van der Waals surface area contributed by atoms with E-state index in [1.54, 1.807) is 6.07 Å². The molecule has 2 nitrogen and oxygen atoms in total. The first-order chi connectivity index (χ1) is 8.28. The average Bonchev–Trinajstić information content (AvgIpc) is 2.37. The van der Waals surface area contributed by atoms with E-state index in [0.717, 1.165) is 11.3 Å². The van der Waals surface area contributed by atoms with Gasteiger partial charge in [0.1, 0.15) is 6.61 Å². The lowest BCUT2D eigenvalue weighted by molar-refractivity contribution is 0.293. The molecule has 17 heavy (non-hydrogen) atoms. The zero-order valence-electron chi connectivity index (χ0n) is 9.07. The first kappa shape index (κ1) is 12.2. The number of hydrogen-bond acceptors (Lipinski definition) is 2. The highest BCUT2D eigenvalue weighted by atomic mass is 35.5. The van der Waals surface area contributed by atoms with Crippen molar-refractivity contribution in [1.82, 2.24) is 4.98 Å². The minimum absolute atomic E-state index is 0.383. The third kappa shape index (κ3) is 3.62. The second kappa shape index (κ2) is 5.89. The van der Waals surface area contributed by atoms with Gasteiger partial charge < -0.3 is 4.74 Å². The quantitative estimate of drug-likeness (QED) is 0.780. The standard InChI is InChI=1S/C13H11Cl2NO/c14-8-12-5-2-6-13(16-12)17-9-10-3-1-4-11(15)7-10/h1-7H,8-9H2. The minimum Gasteiger partial charge on any atom is -0.473 e. The van der Waals surface area contributed by atoms with Crippen LogP contribution in [-0.4, -0.2) is 4.98 Å². The maximum atomic E-state index is 5.89. The Kier molecular flexibility index (Phi) is 4.24. The van der Waals surface area contributed by atoms with Crippen LogP contribution in [0.3, 0.4) is 0 Å². The molecule has 0 bridgehead atoms. The molecule has 0 saturated heterocycles. The molecule has 0 radical (unpaired) electrons. The molecule has 0 atom stereocenters. The molecule has 0 aliphatic heterocycles. The van der Waals surface area contributed by atoms with Crippen LogP contribution in [0.5, 0.6) is 5.88 Å². The fraction of sp³-hybridized carbons (Fsp3) is 0.154. The molecule has 0 amide bonds. The Hall–Kier alpha value is -1.25. The zero-order valence-corrected chi connectivity index (χ0v) is 10.6. The van der Waals surface area contributed by atoms with E-state index in [9.17, 15) is 0 Å². The van der Waals surface area contributed by atoms with Gasteiger partial charge in [-0.2, -0.15) is 0 Å². The zero-order chi connectivity index (χ0) is 12.1. The molecule has 0 fully saturated rings. The van der Waals surface area contributed by atoms with Crippen LogP contribution in [0.15, 0.2) is 42.5 Å². The lowest BCUT2D eigenvalue weighted by Crippen LogP contribution is -1.98. The Bertz CT molecular complexity index is 502. The van der Waals surface area contributed by atoms with Crippen LogP contribution in [-0.2, 0) is 12.5 Å². The summed E-state index contributed by atoms with van der Waals surface area (Å²) >= 11 is 11.6. The fourth-order valence-corrected chi connectivity index (χ4v) is 1.76. The molecule has 0 N–H and O–H groups in total. The van der Waals surface area contributed by atoms with Crippen LogP contribution in [0.2, 0.25) is 5.02 Å². The Morgan fingerprint density at radius 3 is 2.71 bits per heavy atom. The minimum atomic E-state index is 0.383. The summed E-state index contributed by atoms with van der Waals surface area (Å²) in [6.07, 6.45) is 0. The molecule has 2 rings (SSSR count). The van der Waals surface area contributed by atoms with Crippen LogP contribution in [0.25, 0.3) is 0 Å². The molecule has 0 unspecified atom stereocenters. The largest absolute Gasteiger partial charge is 0.473 e. The molecular weight excluding hydrogens is 257 g/mol. The molecular formula is C13H11Cl2NO. The molecule has 1 aromatic carbocycles. The van der Waals surface area contributed by atoms with E-state index in [4.69, 9.17) is 27.9 Å². The Morgan fingerprint density at radius 1 is 1.12 bits per heavy atom. The summed E-state index contributed by atoms with van der Waals surface area (Å²) in [6, 6.07) is 13.1. The van der Waals surface area contributed by atoms with Crippen molar-refractivity contribution in [3.63, 3.8) is 0 Å². The number of aromatic nitrogens is 1. The number of hydrogen-bond donors (Lipinski definition) is 0. The monoisotopic (exact) mass is 267 g/mol. The van der Waals surface area contributed by atoms with Gasteiger partial charge in [-0.25, -0.2) is 4.98 Å². The van der Waals surface area contributed by atoms with E-state index in [1.165, 1.54) is 0 Å². The lowest BCUT2D eigenvalue weighted by atomic mass is 10.2. The Balaban J connectivity index is 2.02. The van der Waals surface area contributed by atoms with Crippen molar-refractivity contribution in [3.05, 3.63) is 58.7 Å². The molecule has 0 saturated carbocycles. The molecule has 0 aliphatic rings. The highest BCUT2D eigenvalue weighted by Crippen LogP contribution is 2.14. The first-order valence-corrected chi connectivity index (χ1v) is 6.08. The van der Waals surface area contributed by atoms with Gasteiger partial charge in [0.15, 0.2) is 0 Å². The van der Waals surface area contributed by atoms with Crippen molar-refractivity contribution < 1.29 is 4.74 Å². The third-order valence-corrected chi connectivity index (χ3v) is 2.70. The summed E-state index contributed by atoms with van der Waals surface area (Å²) in [5.74, 6) is 0.956. The molecule has 4 heteroatoms. The van der Waals surface area contributed by atoms with Crippen molar-refractivity contribution in [2.45, 2.75) is 12.5 Å². The maximum absolute atomic E-state index is 5.89. The number of alkyl halides is 1. The molecule has 0 spiro atoms. The van der Waals surface area contributed by atoms with E-state index in [2.05, 4.69) is 4.98 Å². The fourth-order valence-electron chi connectivity index (χ4n) is 1.40. The molecule has 1 heterocycles. The van der Waals surface area contributed by atoms with E-state index >= 15 is 0 Å². The molecule has 88 valence electrons. The van der Waals surface area contributed by atoms with Gasteiger partial charge in [0.2, 0.25) is 5.88 Å². The predicted molar refractivity (Wildman–Crippen MR) is 69.6 cm³/mol. The van der Waals surface area contributed by atoms with E-state index in [0.29, 0.717) is 23.4 Å². The van der Waals surface area contributed by atoms with E-state index < -0.39 is 0 Å². The van der Waals surface area contributed by atoms with Gasteiger partial charge in [0.25, 0.3) is 0 Å². The van der Waals surface area contributed by atoms with Gasteiger partial charge in [0.05, 0.1) is 11.6 Å². The smallest absolute Gasteiger partial charge is 0.213 e. The van der Waals surface area contributed by atoms with E-state index in [-0.39, 0.29) is 0 Å². The summed E-state index contributed by atoms with van der Waals surface area (Å²) in [6.45, 7) is 0.444. The van der Waals surface area contributed by atoms with Gasteiger partial charge in [-0.1, -0.05) is 29.8 Å². The van der Waals surface area contributed by atoms with Crippen LogP contribution >= 0.6 is 23.2 Å². The number of halogens is 2. The van der Waals surface area contributed by atoms with Gasteiger partial charge in [-0.3, -0.25) is 0 Å². The topological polar surface area (TPSA) is 22.1 Å². The summed E-state index contributed by atoms with van der Waals surface area (Å²) in [4.78, 5) is 4.24. The van der Waals surface area contributed by atoms with Crippen molar-refractivity contribution in [1.29, 1.82) is 0 Å². The van der Waals surface area contributed by atoms with Crippen molar-refractivity contribution in [2.75, 3.05) is 0 Å². The second-order valence-electron chi connectivity index (χ2n) is 3.52. The normalized spacial score (nSPS) is 10.2. The number of rotatable bonds is 4. The Morgan fingerprint density at radius 2 is 1.94 bits per heavy atom. The number of benzene rings is 1. The van der Waals surface area contributed by atoms with Gasteiger partial charge in [-0.15, -0.1) is 11.6 Å². The number of pyridine rings is 1. The average molecular weight is 268 g/mol. The van der Waals surface area contributed by atoms with Crippen molar-refractivity contribution >= 4 is 23.2 Å². The highest BCUT2D eigenvalue weighted by Gasteiger charge is 1.99. The SMILES string of the molecule is ClCc1cccc(OCc2cccc(Cl)c2)n1. The van der Waals surface area contributed by atoms with Crippen LogP contribution in [0.1, 0.15) is 11.3 Å². The predicted octanol–water partition coefficient (Wildman–Crippen LogP) is 4.05. The molecule has 1 aromatic heterocycles. The maximum Gasteiger partial charge on any atom is 0.213 e. The van der Waals surface area contributed by atoms with Crippen LogP contribution < -0.4 is 4.74 Å². The summed E-state index contributed by atoms with van der Waals surface area (Å²) in [5, 5.41) is 0.702. The first-order valence-electron chi connectivity index (χ1n) is 5.17. The molecule has 2 aromatic rings. The lowest BCUT2D eigenvalue weighted by Gasteiger charge is -2.06. The van der Waals surface area contributed by atoms with Crippen molar-refractivity contribution in [2.24, 2.45) is 0 Å². The molecule has 0 aliphatic carbocycles. The third-order valence-electron chi connectivity index (χ3n) is 2.19. The van der Waals surface area contributed by atoms with Crippen LogP contribution in [0.4, 0.5) is 0 Å². The second-order valence-corrected chi connectivity index (χ2v) is 4.22.